The fraction of sp³-hybridized carbons (Fsp3) is 0.200. The van der Waals surface area contributed by atoms with Crippen molar-refractivity contribution in [2.75, 3.05) is 18.2 Å². The standard InChI is InChI=1S/C20H20N4O3S/c1-13-5-3-4-6-16(13)21-18(25)12-28-20-22-19(26)17(23-24-20)11-14-7-9-15(27-2)10-8-14/h3-10H,11-12H2,1-2H3,(H,21,25)(H,22,24,26). The number of aryl methyl sites for hydroxylation is 1. The summed E-state index contributed by atoms with van der Waals surface area (Å²) in [5.41, 5.74) is 2.68. The average molecular weight is 396 g/mol. The molecule has 0 aliphatic carbocycles. The first-order valence-electron chi connectivity index (χ1n) is 8.62. The Hall–Kier alpha value is -3.13. The number of ether oxygens (including phenoxy) is 1. The van der Waals surface area contributed by atoms with E-state index < -0.39 is 0 Å². The number of para-hydroxylation sites is 1. The number of nitrogens with zero attached hydrogens (tertiary/aromatic N) is 2. The molecule has 3 aromatic rings. The molecule has 0 atom stereocenters. The molecule has 0 saturated carbocycles. The highest BCUT2D eigenvalue weighted by atomic mass is 32.2. The van der Waals surface area contributed by atoms with Crippen LogP contribution < -0.4 is 15.6 Å². The van der Waals surface area contributed by atoms with Crippen molar-refractivity contribution in [3.05, 3.63) is 75.7 Å². The summed E-state index contributed by atoms with van der Waals surface area (Å²) in [4.78, 5) is 27.0. The summed E-state index contributed by atoms with van der Waals surface area (Å²) in [6, 6.07) is 14.9. The van der Waals surface area contributed by atoms with Crippen LogP contribution in [-0.4, -0.2) is 34.0 Å². The number of carbonyl (C=O) groups is 1. The zero-order chi connectivity index (χ0) is 19.9. The predicted octanol–water partition coefficient (Wildman–Crippen LogP) is 2.80. The maximum atomic E-state index is 12.3. The van der Waals surface area contributed by atoms with E-state index in [9.17, 15) is 9.59 Å². The SMILES string of the molecule is COc1ccc(Cc2nnc(SCC(=O)Nc3ccccc3C)[nH]c2=O)cc1. The van der Waals surface area contributed by atoms with Crippen LogP contribution in [0.4, 0.5) is 5.69 Å². The van der Waals surface area contributed by atoms with Gasteiger partial charge in [0.05, 0.1) is 12.9 Å². The van der Waals surface area contributed by atoms with Gasteiger partial charge in [-0.25, -0.2) is 0 Å². The summed E-state index contributed by atoms with van der Waals surface area (Å²) in [6.45, 7) is 1.92. The van der Waals surface area contributed by atoms with Gasteiger partial charge in [-0.05, 0) is 36.2 Å². The second-order valence-electron chi connectivity index (χ2n) is 6.08. The van der Waals surface area contributed by atoms with Crippen LogP contribution in [0.25, 0.3) is 0 Å². The molecule has 2 aromatic carbocycles. The van der Waals surface area contributed by atoms with Crippen molar-refractivity contribution in [3.63, 3.8) is 0 Å². The number of rotatable bonds is 7. The molecule has 0 bridgehead atoms. The third-order valence-corrected chi connectivity index (χ3v) is 4.90. The minimum absolute atomic E-state index is 0.122. The number of benzene rings is 2. The van der Waals surface area contributed by atoms with Gasteiger partial charge in [0.15, 0.2) is 5.16 Å². The highest BCUT2D eigenvalue weighted by Crippen LogP contribution is 2.16. The lowest BCUT2D eigenvalue weighted by Crippen LogP contribution is -2.19. The van der Waals surface area contributed by atoms with Gasteiger partial charge in [-0.2, -0.15) is 0 Å². The van der Waals surface area contributed by atoms with E-state index in [1.54, 1.807) is 7.11 Å². The van der Waals surface area contributed by atoms with Crippen LogP contribution >= 0.6 is 11.8 Å². The van der Waals surface area contributed by atoms with E-state index in [1.807, 2.05) is 55.5 Å². The van der Waals surface area contributed by atoms with E-state index in [1.165, 1.54) is 0 Å². The number of hydrogen-bond donors (Lipinski definition) is 2. The lowest BCUT2D eigenvalue weighted by atomic mass is 10.1. The van der Waals surface area contributed by atoms with Crippen molar-refractivity contribution in [1.82, 2.24) is 15.2 Å². The number of H-pyrrole nitrogens is 1. The Kier molecular flexibility index (Phi) is 6.44. The van der Waals surface area contributed by atoms with E-state index in [4.69, 9.17) is 4.74 Å². The number of methoxy groups -OCH3 is 1. The molecule has 3 rings (SSSR count). The van der Waals surface area contributed by atoms with Gasteiger partial charge in [-0.15, -0.1) is 10.2 Å². The van der Waals surface area contributed by atoms with E-state index >= 15 is 0 Å². The Morgan fingerprint density at radius 2 is 1.89 bits per heavy atom. The molecule has 0 fully saturated rings. The molecule has 1 aromatic heterocycles. The molecule has 0 aliphatic rings. The van der Waals surface area contributed by atoms with Crippen molar-refractivity contribution in [2.24, 2.45) is 0 Å². The van der Waals surface area contributed by atoms with E-state index in [0.717, 1.165) is 34.3 Å². The maximum Gasteiger partial charge on any atom is 0.273 e. The lowest BCUT2D eigenvalue weighted by molar-refractivity contribution is -0.113. The molecule has 8 heteroatoms. The smallest absolute Gasteiger partial charge is 0.273 e. The summed E-state index contributed by atoms with van der Waals surface area (Å²) >= 11 is 1.13. The van der Waals surface area contributed by atoms with Gasteiger partial charge in [-0.3, -0.25) is 14.6 Å². The molecule has 2 N–H and O–H groups in total. The number of carbonyl (C=O) groups excluding carboxylic acids is 1. The quantitative estimate of drug-likeness (QED) is 0.596. The first-order chi connectivity index (χ1) is 13.5. The number of aromatic nitrogens is 3. The molecule has 144 valence electrons. The topological polar surface area (TPSA) is 97.0 Å². The van der Waals surface area contributed by atoms with Gasteiger partial charge in [0.2, 0.25) is 5.91 Å². The molecule has 1 heterocycles. The van der Waals surface area contributed by atoms with Gasteiger partial charge in [0.1, 0.15) is 11.4 Å². The summed E-state index contributed by atoms with van der Waals surface area (Å²) in [6.07, 6.45) is 0.366. The first-order valence-corrected chi connectivity index (χ1v) is 9.61. The molecule has 0 radical (unpaired) electrons. The predicted molar refractivity (Wildman–Crippen MR) is 109 cm³/mol. The van der Waals surface area contributed by atoms with Crippen molar-refractivity contribution in [1.29, 1.82) is 0 Å². The summed E-state index contributed by atoms with van der Waals surface area (Å²) in [5, 5.41) is 11.2. The number of aromatic amines is 1. The van der Waals surface area contributed by atoms with Crippen LogP contribution in [0.3, 0.4) is 0 Å². The summed E-state index contributed by atoms with van der Waals surface area (Å²) in [5.74, 6) is 0.695. The van der Waals surface area contributed by atoms with E-state index in [-0.39, 0.29) is 17.2 Å². The zero-order valence-corrected chi connectivity index (χ0v) is 16.4. The van der Waals surface area contributed by atoms with Crippen LogP contribution in [0, 0.1) is 6.92 Å². The molecule has 7 nitrogen and oxygen atoms in total. The van der Waals surface area contributed by atoms with Gasteiger partial charge in [-0.1, -0.05) is 42.1 Å². The highest BCUT2D eigenvalue weighted by molar-refractivity contribution is 7.99. The van der Waals surface area contributed by atoms with Crippen molar-refractivity contribution in [3.8, 4) is 5.75 Å². The second-order valence-corrected chi connectivity index (χ2v) is 7.05. The van der Waals surface area contributed by atoms with Crippen LogP contribution in [0.1, 0.15) is 16.8 Å². The van der Waals surface area contributed by atoms with Crippen molar-refractivity contribution >= 4 is 23.4 Å². The largest absolute Gasteiger partial charge is 0.497 e. The van der Waals surface area contributed by atoms with E-state index in [0.29, 0.717) is 17.3 Å². The number of anilines is 1. The molecule has 1 amide bonds. The normalized spacial score (nSPS) is 10.5. The number of hydrogen-bond acceptors (Lipinski definition) is 6. The Morgan fingerprint density at radius 1 is 1.14 bits per heavy atom. The molecule has 0 saturated heterocycles. The first kappa shape index (κ1) is 19.6. The zero-order valence-electron chi connectivity index (χ0n) is 15.6. The van der Waals surface area contributed by atoms with Gasteiger partial charge >= 0.3 is 0 Å². The molecular formula is C20H20N4O3S. The van der Waals surface area contributed by atoms with Crippen LogP contribution in [0.5, 0.6) is 5.75 Å². The van der Waals surface area contributed by atoms with Crippen molar-refractivity contribution in [2.45, 2.75) is 18.5 Å². The van der Waals surface area contributed by atoms with Crippen LogP contribution in [0.15, 0.2) is 58.5 Å². The van der Waals surface area contributed by atoms with Gasteiger partial charge in [0, 0.05) is 12.1 Å². The maximum absolute atomic E-state index is 12.3. The molecule has 28 heavy (non-hydrogen) atoms. The van der Waals surface area contributed by atoms with Gasteiger partial charge in [0.25, 0.3) is 5.56 Å². The third kappa shape index (κ3) is 5.20. The average Bonchev–Trinajstić information content (AvgIpc) is 2.70. The fourth-order valence-electron chi connectivity index (χ4n) is 2.50. The van der Waals surface area contributed by atoms with Gasteiger partial charge < -0.3 is 10.1 Å². The molecule has 0 aliphatic heterocycles. The minimum atomic E-state index is -0.312. The Labute approximate surface area is 166 Å². The van der Waals surface area contributed by atoms with E-state index in [2.05, 4.69) is 20.5 Å². The number of nitrogens with one attached hydrogen (secondary N) is 2. The van der Waals surface area contributed by atoms with Crippen LogP contribution in [0.2, 0.25) is 0 Å². The monoisotopic (exact) mass is 396 g/mol. The molecule has 0 unspecified atom stereocenters. The lowest BCUT2D eigenvalue weighted by Gasteiger charge is -2.07. The highest BCUT2D eigenvalue weighted by Gasteiger charge is 2.10. The number of thioether (sulfide) groups is 1. The molecular weight excluding hydrogens is 376 g/mol. The number of amides is 1. The summed E-state index contributed by atoms with van der Waals surface area (Å²) in [7, 11) is 1.60. The van der Waals surface area contributed by atoms with Crippen LogP contribution in [-0.2, 0) is 11.2 Å². The third-order valence-electron chi connectivity index (χ3n) is 4.03. The Balaban J connectivity index is 1.58. The second kappa shape index (κ2) is 9.18. The Bertz CT molecular complexity index is 1020. The summed E-state index contributed by atoms with van der Waals surface area (Å²) < 4.78 is 5.12. The minimum Gasteiger partial charge on any atom is -0.497 e. The van der Waals surface area contributed by atoms with Crippen molar-refractivity contribution < 1.29 is 9.53 Å². The fourth-order valence-corrected chi connectivity index (χ4v) is 3.10. The Morgan fingerprint density at radius 3 is 2.57 bits per heavy atom. The molecule has 0 spiro atoms.